The van der Waals surface area contributed by atoms with Crippen molar-refractivity contribution in [3.8, 4) is 5.75 Å². The Morgan fingerprint density at radius 1 is 1.32 bits per heavy atom. The summed E-state index contributed by atoms with van der Waals surface area (Å²) in [6.07, 6.45) is 1.41. The van der Waals surface area contributed by atoms with E-state index in [1.165, 1.54) is 30.1 Å². The van der Waals surface area contributed by atoms with Gasteiger partial charge < -0.3 is 14.7 Å². The van der Waals surface area contributed by atoms with E-state index in [1.54, 1.807) is 24.3 Å². The summed E-state index contributed by atoms with van der Waals surface area (Å²) in [5, 5.41) is 22.6. The zero-order valence-corrected chi connectivity index (χ0v) is 12.7. The Morgan fingerprint density at radius 2 is 2.14 bits per heavy atom. The lowest BCUT2D eigenvalue weighted by atomic mass is 10.1. The molecule has 5 nitrogen and oxygen atoms in total. The number of nitrogens with zero attached hydrogens (tertiary/aromatic N) is 1. The molecule has 2 aromatic heterocycles. The van der Waals surface area contributed by atoms with Gasteiger partial charge in [-0.3, -0.25) is 0 Å². The topological polar surface area (TPSA) is 77.4 Å². The zero-order valence-electron chi connectivity index (χ0n) is 11.2. The number of rotatable bonds is 3. The van der Waals surface area contributed by atoms with Crippen LogP contribution in [-0.2, 0) is 5.75 Å². The molecule has 0 saturated carbocycles. The second-order valence-electron chi connectivity index (χ2n) is 4.54. The molecule has 0 spiro atoms. The predicted octanol–water partition coefficient (Wildman–Crippen LogP) is 3.08. The molecule has 1 N–H and O–H groups in total. The fourth-order valence-corrected chi connectivity index (χ4v) is 3.10. The number of phenolic OH excluding ortho intramolecular Hbond substituents is 1. The highest BCUT2D eigenvalue weighted by atomic mass is 35.5. The Balaban J connectivity index is 2.01. The summed E-state index contributed by atoms with van der Waals surface area (Å²) < 4.78 is 5.82. The van der Waals surface area contributed by atoms with Gasteiger partial charge in [0.1, 0.15) is 11.3 Å². The van der Waals surface area contributed by atoms with Crippen LogP contribution in [0.2, 0.25) is 5.02 Å². The van der Waals surface area contributed by atoms with Gasteiger partial charge in [0.25, 0.3) is 5.03 Å². The summed E-state index contributed by atoms with van der Waals surface area (Å²) in [6, 6.07) is 9.32. The quantitative estimate of drug-likeness (QED) is 0.344. The number of fused-ring (bicyclic) bond motifs is 1. The van der Waals surface area contributed by atoms with Crippen molar-refractivity contribution < 1.29 is 14.3 Å². The Morgan fingerprint density at radius 3 is 2.91 bits per heavy atom. The number of thioether (sulfide) groups is 1. The van der Waals surface area contributed by atoms with Gasteiger partial charge in [0.2, 0.25) is 0 Å². The van der Waals surface area contributed by atoms with Crippen LogP contribution in [0.3, 0.4) is 0 Å². The van der Waals surface area contributed by atoms with Crippen LogP contribution in [0.1, 0.15) is 5.56 Å². The van der Waals surface area contributed by atoms with Crippen LogP contribution in [0.25, 0.3) is 11.0 Å². The van der Waals surface area contributed by atoms with Gasteiger partial charge in [-0.1, -0.05) is 23.4 Å². The van der Waals surface area contributed by atoms with Crippen molar-refractivity contribution in [2.24, 2.45) is 0 Å². The number of phenols is 1. The molecule has 0 amide bonds. The molecule has 3 rings (SSSR count). The lowest BCUT2D eigenvalue weighted by Gasteiger charge is -2.07. The van der Waals surface area contributed by atoms with E-state index in [0.717, 1.165) is 4.73 Å². The molecule has 0 aliphatic heterocycles. The summed E-state index contributed by atoms with van der Waals surface area (Å²) in [5.41, 5.74) is 0.419. The van der Waals surface area contributed by atoms with E-state index in [0.29, 0.717) is 21.7 Å². The van der Waals surface area contributed by atoms with Crippen LogP contribution in [0.4, 0.5) is 0 Å². The highest BCUT2D eigenvalue weighted by Crippen LogP contribution is 2.32. The van der Waals surface area contributed by atoms with Crippen molar-refractivity contribution in [2.45, 2.75) is 10.8 Å². The summed E-state index contributed by atoms with van der Waals surface area (Å²) in [4.78, 5) is 11.6. The van der Waals surface area contributed by atoms with Crippen molar-refractivity contribution in [1.29, 1.82) is 0 Å². The molecule has 112 valence electrons. The predicted molar refractivity (Wildman–Crippen MR) is 84.1 cm³/mol. The summed E-state index contributed by atoms with van der Waals surface area (Å²) in [6.45, 7) is 0. The maximum Gasteiger partial charge on any atom is 0.336 e. The second-order valence-corrected chi connectivity index (χ2v) is 5.95. The van der Waals surface area contributed by atoms with Crippen LogP contribution in [0.5, 0.6) is 5.75 Å². The molecule has 22 heavy (non-hydrogen) atoms. The highest BCUT2D eigenvalue weighted by molar-refractivity contribution is 7.98. The molecule has 1 aromatic carbocycles. The average Bonchev–Trinajstić information content (AvgIpc) is 2.48. The van der Waals surface area contributed by atoms with Gasteiger partial charge in [-0.25, -0.2) is 4.79 Å². The molecule has 0 aliphatic carbocycles. The largest absolute Gasteiger partial charge is 0.618 e. The summed E-state index contributed by atoms with van der Waals surface area (Å²) in [7, 11) is 0. The molecule has 0 bridgehead atoms. The smallest absolute Gasteiger partial charge is 0.336 e. The molecule has 7 heteroatoms. The summed E-state index contributed by atoms with van der Waals surface area (Å²) >= 11 is 7.21. The summed E-state index contributed by atoms with van der Waals surface area (Å²) in [5.74, 6) is 0.248. The molecule has 0 atom stereocenters. The van der Waals surface area contributed by atoms with Crippen LogP contribution < -0.4 is 10.4 Å². The van der Waals surface area contributed by atoms with E-state index < -0.39 is 5.63 Å². The van der Waals surface area contributed by atoms with Crippen molar-refractivity contribution in [1.82, 2.24) is 0 Å². The third-order valence-electron chi connectivity index (χ3n) is 3.06. The highest BCUT2D eigenvalue weighted by Gasteiger charge is 2.12. The van der Waals surface area contributed by atoms with E-state index in [4.69, 9.17) is 16.0 Å². The van der Waals surface area contributed by atoms with E-state index in [2.05, 4.69) is 0 Å². The van der Waals surface area contributed by atoms with Gasteiger partial charge in [0, 0.05) is 35.4 Å². The van der Waals surface area contributed by atoms with Gasteiger partial charge in [-0.05, 0) is 17.7 Å². The Hall–Kier alpha value is -2.18. The molecular formula is C15H10ClNO4S. The Labute approximate surface area is 134 Å². The monoisotopic (exact) mass is 335 g/mol. The van der Waals surface area contributed by atoms with E-state index >= 15 is 0 Å². The van der Waals surface area contributed by atoms with Crippen LogP contribution in [0.15, 0.2) is 56.8 Å². The molecule has 0 radical (unpaired) electrons. The van der Waals surface area contributed by atoms with E-state index in [1.807, 2.05) is 0 Å². The lowest BCUT2D eigenvalue weighted by Crippen LogP contribution is -2.27. The number of pyridine rings is 1. The molecule has 3 aromatic rings. The Bertz CT molecular complexity index is 910. The van der Waals surface area contributed by atoms with Gasteiger partial charge in [0.15, 0.2) is 6.20 Å². The number of aromatic nitrogens is 1. The van der Waals surface area contributed by atoms with Gasteiger partial charge in [-0.2, -0.15) is 4.73 Å². The fourth-order valence-electron chi connectivity index (χ4n) is 2.03. The third-order valence-corrected chi connectivity index (χ3v) is 4.43. The molecule has 0 saturated heterocycles. The average molecular weight is 336 g/mol. The molecule has 0 unspecified atom stereocenters. The van der Waals surface area contributed by atoms with Crippen molar-refractivity contribution in [3.63, 3.8) is 0 Å². The van der Waals surface area contributed by atoms with Crippen LogP contribution >= 0.6 is 23.4 Å². The minimum absolute atomic E-state index is 0.150. The van der Waals surface area contributed by atoms with Crippen molar-refractivity contribution in [2.75, 3.05) is 0 Å². The van der Waals surface area contributed by atoms with Crippen LogP contribution in [-0.4, -0.2) is 5.11 Å². The molecule has 2 heterocycles. The van der Waals surface area contributed by atoms with Crippen molar-refractivity contribution in [3.05, 3.63) is 68.8 Å². The first-order chi connectivity index (χ1) is 10.5. The first-order valence-electron chi connectivity index (χ1n) is 6.31. The zero-order chi connectivity index (χ0) is 15.7. The van der Waals surface area contributed by atoms with Crippen LogP contribution in [0, 0.1) is 5.21 Å². The normalized spacial score (nSPS) is 11.0. The van der Waals surface area contributed by atoms with E-state index in [9.17, 15) is 15.1 Å². The standard InChI is InChI=1S/C15H10ClNO4S/c16-11-6-10-9(5-15(19)21-13(10)7-12(11)18)8-22-14-3-1-2-4-17(14)20/h1-7,18H,8H2. The van der Waals surface area contributed by atoms with Gasteiger partial charge in [0.05, 0.1) is 5.02 Å². The first-order valence-corrected chi connectivity index (χ1v) is 7.67. The molecule has 0 aliphatic rings. The fraction of sp³-hybridized carbons (Fsp3) is 0.0667. The van der Waals surface area contributed by atoms with E-state index in [-0.39, 0.29) is 16.4 Å². The number of halogens is 1. The number of benzene rings is 1. The number of hydrogen-bond donors (Lipinski definition) is 1. The van der Waals surface area contributed by atoms with Gasteiger partial charge >= 0.3 is 5.63 Å². The molecular weight excluding hydrogens is 326 g/mol. The maximum absolute atomic E-state index is 11.6. The number of hydrogen-bond acceptors (Lipinski definition) is 5. The first kappa shape index (κ1) is 14.7. The van der Waals surface area contributed by atoms with Gasteiger partial charge in [-0.15, -0.1) is 0 Å². The lowest BCUT2D eigenvalue weighted by molar-refractivity contribution is -0.645. The number of aromatic hydroxyl groups is 1. The minimum Gasteiger partial charge on any atom is -0.618 e. The molecule has 0 fully saturated rings. The van der Waals surface area contributed by atoms with Crippen molar-refractivity contribution >= 4 is 34.3 Å². The Kier molecular flexibility index (Phi) is 3.96. The second kappa shape index (κ2) is 5.90. The minimum atomic E-state index is -0.520. The maximum atomic E-state index is 11.6. The third kappa shape index (κ3) is 2.88. The SMILES string of the molecule is O=c1cc(CSc2cccc[n+]2[O-])c2cc(Cl)c(O)cc2o1.